The number of rotatable bonds is 1. The van der Waals surface area contributed by atoms with Crippen LogP contribution in [0.1, 0.15) is 6.23 Å². The highest BCUT2D eigenvalue weighted by Crippen LogP contribution is 2.22. The molecule has 17 heavy (non-hydrogen) atoms. The summed E-state index contributed by atoms with van der Waals surface area (Å²) in [6.45, 7) is -0.181. The number of nitrogens with zero attached hydrogens (tertiary/aromatic N) is 2. The summed E-state index contributed by atoms with van der Waals surface area (Å²) < 4.78 is 6.11. The average molecular weight is 243 g/mol. The van der Waals surface area contributed by atoms with Crippen molar-refractivity contribution >= 4 is 5.82 Å². The van der Waals surface area contributed by atoms with Crippen LogP contribution in [0.5, 0.6) is 0 Å². The molecule has 5 N–H and O–H groups in total. The molecule has 1 aliphatic rings. The molecule has 2 rings (SSSR count). The molecule has 1 fully saturated rings. The first-order chi connectivity index (χ1) is 8.00. The highest BCUT2D eigenvalue weighted by atomic mass is 16.5. The molecule has 2 heterocycles. The van der Waals surface area contributed by atoms with Crippen LogP contribution in [-0.2, 0) is 4.74 Å². The van der Waals surface area contributed by atoms with E-state index in [2.05, 4.69) is 4.98 Å². The maximum Gasteiger partial charge on any atom is 0.351 e. The van der Waals surface area contributed by atoms with Crippen LogP contribution < -0.4 is 11.4 Å². The van der Waals surface area contributed by atoms with E-state index in [1.54, 1.807) is 0 Å². The Morgan fingerprint density at radius 2 is 2.12 bits per heavy atom. The number of aliphatic hydroxyl groups excluding tert-OH is 3. The van der Waals surface area contributed by atoms with Crippen LogP contribution in [0, 0.1) is 0 Å². The molecule has 1 saturated heterocycles. The van der Waals surface area contributed by atoms with Gasteiger partial charge in [0.15, 0.2) is 6.23 Å². The van der Waals surface area contributed by atoms with Gasteiger partial charge in [-0.3, -0.25) is 4.57 Å². The predicted octanol–water partition coefficient (Wildman–Crippen LogP) is -2.56. The summed E-state index contributed by atoms with van der Waals surface area (Å²) >= 11 is 0. The first-order valence-electron chi connectivity index (χ1n) is 5.01. The number of aliphatic hydroxyl groups is 3. The Labute approximate surface area is 95.9 Å². The van der Waals surface area contributed by atoms with Crippen LogP contribution in [0.3, 0.4) is 0 Å². The van der Waals surface area contributed by atoms with Gasteiger partial charge in [-0.15, -0.1) is 0 Å². The van der Waals surface area contributed by atoms with Crippen LogP contribution in [0.4, 0.5) is 5.82 Å². The van der Waals surface area contributed by atoms with Crippen LogP contribution in [0.25, 0.3) is 0 Å². The third-order valence-electron chi connectivity index (χ3n) is 2.60. The summed E-state index contributed by atoms with van der Waals surface area (Å²) in [5.41, 5.74) is 4.63. The lowest BCUT2D eigenvalue weighted by Gasteiger charge is -2.35. The van der Waals surface area contributed by atoms with Gasteiger partial charge in [0.2, 0.25) is 0 Å². The van der Waals surface area contributed by atoms with E-state index in [4.69, 9.17) is 10.5 Å². The van der Waals surface area contributed by atoms with Gasteiger partial charge in [-0.1, -0.05) is 0 Å². The zero-order valence-electron chi connectivity index (χ0n) is 8.80. The Hall–Kier alpha value is -1.48. The van der Waals surface area contributed by atoms with Gasteiger partial charge in [-0.25, -0.2) is 4.79 Å². The van der Waals surface area contributed by atoms with Crippen molar-refractivity contribution in [1.29, 1.82) is 0 Å². The summed E-state index contributed by atoms with van der Waals surface area (Å²) in [5, 5.41) is 28.5. The molecule has 8 heteroatoms. The minimum atomic E-state index is -1.41. The lowest BCUT2D eigenvalue weighted by atomic mass is 10.0. The lowest BCUT2D eigenvalue weighted by molar-refractivity contribution is -0.212. The first-order valence-corrected chi connectivity index (χ1v) is 5.01. The van der Waals surface area contributed by atoms with Crippen molar-refractivity contribution in [2.24, 2.45) is 0 Å². The van der Waals surface area contributed by atoms with Gasteiger partial charge >= 0.3 is 5.69 Å². The number of nitrogen functional groups attached to an aromatic ring is 1. The maximum atomic E-state index is 11.5. The van der Waals surface area contributed by atoms with Gasteiger partial charge in [0.25, 0.3) is 0 Å². The molecule has 0 aromatic carbocycles. The van der Waals surface area contributed by atoms with Gasteiger partial charge in [0.05, 0.1) is 6.61 Å². The fraction of sp³-hybridized carbons (Fsp3) is 0.556. The molecule has 0 unspecified atom stereocenters. The topological polar surface area (TPSA) is 131 Å². The molecule has 8 nitrogen and oxygen atoms in total. The molecular formula is C9H13N3O5. The SMILES string of the molecule is Nc1ccn([C@H]2OC[C@H](O)[C@H](O)[C@@H]2O)c(=O)n1. The summed E-state index contributed by atoms with van der Waals surface area (Å²) in [4.78, 5) is 15.0. The van der Waals surface area contributed by atoms with Crippen molar-refractivity contribution in [3.8, 4) is 0 Å². The van der Waals surface area contributed by atoms with E-state index in [1.807, 2.05) is 0 Å². The van der Waals surface area contributed by atoms with Crippen molar-refractivity contribution in [2.75, 3.05) is 12.3 Å². The van der Waals surface area contributed by atoms with Crippen LogP contribution in [0.15, 0.2) is 17.1 Å². The van der Waals surface area contributed by atoms with E-state index in [1.165, 1.54) is 12.3 Å². The van der Waals surface area contributed by atoms with Gasteiger partial charge in [-0.05, 0) is 6.07 Å². The molecule has 1 aromatic rings. The number of nitrogens with two attached hydrogens (primary N) is 1. The molecule has 0 bridgehead atoms. The van der Waals surface area contributed by atoms with Crippen molar-refractivity contribution in [1.82, 2.24) is 9.55 Å². The third kappa shape index (κ3) is 2.15. The molecule has 0 aliphatic carbocycles. The minimum Gasteiger partial charge on any atom is -0.388 e. The molecule has 1 aliphatic heterocycles. The molecule has 0 amide bonds. The van der Waals surface area contributed by atoms with E-state index >= 15 is 0 Å². The highest BCUT2D eigenvalue weighted by Gasteiger charge is 2.38. The summed E-state index contributed by atoms with van der Waals surface area (Å²) in [6.07, 6.45) is -3.75. The van der Waals surface area contributed by atoms with E-state index in [-0.39, 0.29) is 12.4 Å². The number of aromatic nitrogens is 2. The van der Waals surface area contributed by atoms with Crippen molar-refractivity contribution in [2.45, 2.75) is 24.5 Å². The highest BCUT2D eigenvalue weighted by molar-refractivity contribution is 5.23. The minimum absolute atomic E-state index is 0.0529. The van der Waals surface area contributed by atoms with Crippen LogP contribution in [0.2, 0.25) is 0 Å². The Kier molecular flexibility index (Phi) is 3.11. The summed E-state index contributed by atoms with van der Waals surface area (Å²) in [7, 11) is 0. The van der Waals surface area contributed by atoms with E-state index in [0.717, 1.165) is 4.57 Å². The molecule has 94 valence electrons. The van der Waals surface area contributed by atoms with Crippen LogP contribution in [-0.4, -0.2) is 49.8 Å². The second kappa shape index (κ2) is 4.41. The van der Waals surface area contributed by atoms with Gasteiger partial charge < -0.3 is 25.8 Å². The maximum absolute atomic E-state index is 11.5. The standard InChI is InChI=1S/C9H13N3O5/c10-5-1-2-12(9(16)11-5)8-7(15)6(14)4(13)3-17-8/h1-2,4,6-8,13-15H,3H2,(H2,10,11,16)/t4-,6-,7-,8-/m0/s1. The van der Waals surface area contributed by atoms with Gasteiger partial charge in [0, 0.05) is 6.20 Å². The molecule has 0 radical (unpaired) electrons. The van der Waals surface area contributed by atoms with Crippen LogP contribution >= 0.6 is 0 Å². The van der Waals surface area contributed by atoms with Crippen molar-refractivity contribution in [3.63, 3.8) is 0 Å². The quantitative estimate of drug-likeness (QED) is 0.426. The Morgan fingerprint density at radius 1 is 1.41 bits per heavy atom. The predicted molar refractivity (Wildman–Crippen MR) is 55.9 cm³/mol. The van der Waals surface area contributed by atoms with E-state index in [9.17, 15) is 20.1 Å². The zero-order valence-corrected chi connectivity index (χ0v) is 8.80. The number of ether oxygens (including phenoxy) is 1. The lowest BCUT2D eigenvalue weighted by Crippen LogP contribution is -2.52. The molecule has 4 atom stereocenters. The van der Waals surface area contributed by atoms with Crippen molar-refractivity contribution in [3.05, 3.63) is 22.7 Å². The first kappa shape index (κ1) is 12.0. The van der Waals surface area contributed by atoms with Gasteiger partial charge in [0.1, 0.15) is 24.1 Å². The normalized spacial score (nSPS) is 33.6. The Morgan fingerprint density at radius 3 is 2.76 bits per heavy atom. The molecule has 0 spiro atoms. The smallest absolute Gasteiger partial charge is 0.351 e. The van der Waals surface area contributed by atoms with Gasteiger partial charge in [-0.2, -0.15) is 4.98 Å². The van der Waals surface area contributed by atoms with E-state index < -0.39 is 30.2 Å². The largest absolute Gasteiger partial charge is 0.388 e. The summed E-state index contributed by atoms with van der Waals surface area (Å²) in [6, 6.07) is 1.37. The van der Waals surface area contributed by atoms with E-state index in [0.29, 0.717) is 0 Å². The average Bonchev–Trinajstić information content (AvgIpc) is 2.28. The third-order valence-corrected chi connectivity index (χ3v) is 2.60. The molecule has 0 saturated carbocycles. The molecule has 1 aromatic heterocycles. The second-order valence-corrected chi connectivity index (χ2v) is 3.81. The fourth-order valence-electron chi connectivity index (χ4n) is 1.66. The number of hydrogen-bond acceptors (Lipinski definition) is 7. The van der Waals surface area contributed by atoms with Crippen molar-refractivity contribution < 1.29 is 20.1 Å². The number of anilines is 1. The monoisotopic (exact) mass is 243 g/mol. The summed E-state index contributed by atoms with van der Waals surface area (Å²) in [5.74, 6) is 0.0529. The fourth-order valence-corrected chi connectivity index (χ4v) is 1.66. The zero-order chi connectivity index (χ0) is 12.6. The second-order valence-electron chi connectivity index (χ2n) is 3.81. The number of hydrogen-bond donors (Lipinski definition) is 4. The Balaban J connectivity index is 2.31. The Bertz CT molecular complexity index is 462. The molecular weight excluding hydrogens is 230 g/mol.